The van der Waals surface area contributed by atoms with Gasteiger partial charge < -0.3 is 11.5 Å². The zero-order valence-electron chi connectivity index (χ0n) is 14.8. The molecule has 0 aliphatic rings. The summed E-state index contributed by atoms with van der Waals surface area (Å²) in [5, 5.41) is 2.67. The number of hydrogen-bond acceptors (Lipinski definition) is 4. The van der Waals surface area contributed by atoms with Crippen LogP contribution in [0.1, 0.15) is 31.5 Å². The van der Waals surface area contributed by atoms with E-state index in [4.69, 9.17) is 34.7 Å². The monoisotopic (exact) mass is 498 g/mol. The van der Waals surface area contributed by atoms with Crippen molar-refractivity contribution in [3.05, 3.63) is 33.4 Å². The quantitative estimate of drug-likeness (QED) is 0.289. The van der Waals surface area contributed by atoms with Crippen molar-refractivity contribution in [2.75, 3.05) is 5.73 Å². The Balaban J connectivity index is 0.00000132. The van der Waals surface area contributed by atoms with E-state index in [2.05, 4.69) is 31.2 Å². The second-order valence-electron chi connectivity index (χ2n) is 5.38. The molecule has 0 aliphatic carbocycles. The Morgan fingerprint density at radius 1 is 1.14 bits per heavy atom. The summed E-state index contributed by atoms with van der Waals surface area (Å²) >= 11 is 15.7. The van der Waals surface area contributed by atoms with E-state index in [1.165, 1.54) is 6.42 Å². The van der Waals surface area contributed by atoms with Crippen LogP contribution in [0.25, 0.3) is 5.69 Å². The average Bonchev–Trinajstić information content (AvgIpc) is 2.82. The summed E-state index contributed by atoms with van der Waals surface area (Å²) in [4.78, 5) is -1.11. The topological polar surface area (TPSA) is 69.9 Å². The minimum atomic E-state index is -4.74. The first-order valence-electron chi connectivity index (χ1n) is 7.64. The lowest BCUT2D eigenvalue weighted by atomic mass is 10.2. The fourth-order valence-electron chi connectivity index (χ4n) is 1.90. The van der Waals surface area contributed by atoms with Crippen molar-refractivity contribution in [1.82, 2.24) is 9.78 Å². The summed E-state index contributed by atoms with van der Waals surface area (Å²) in [6.07, 6.45) is -3.48. The first-order chi connectivity index (χ1) is 13.1. The third kappa shape index (κ3) is 6.56. The maximum atomic E-state index is 12.8. The van der Waals surface area contributed by atoms with Crippen molar-refractivity contribution in [2.45, 2.75) is 36.8 Å². The third-order valence-corrected chi connectivity index (χ3v) is 4.49. The highest BCUT2D eigenvalue weighted by molar-refractivity contribution is 8.00. The van der Waals surface area contributed by atoms with Gasteiger partial charge in [-0.15, -0.1) is 0 Å². The van der Waals surface area contributed by atoms with Gasteiger partial charge in [0.25, 0.3) is 0 Å². The van der Waals surface area contributed by atoms with Crippen molar-refractivity contribution in [3.8, 4) is 5.69 Å². The van der Waals surface area contributed by atoms with Crippen LogP contribution in [0.2, 0.25) is 10.0 Å². The molecular formula is C15H14Cl2F6N4S2. The van der Waals surface area contributed by atoms with E-state index in [0.717, 1.165) is 0 Å². The van der Waals surface area contributed by atoms with Crippen LogP contribution in [0.3, 0.4) is 0 Å². The second kappa shape index (κ2) is 9.63. The maximum Gasteiger partial charge on any atom is 0.446 e. The number of hydrogen-bond donors (Lipinski definition) is 2. The predicted molar refractivity (Wildman–Crippen MR) is 107 cm³/mol. The molecule has 2 rings (SSSR count). The average molecular weight is 499 g/mol. The number of alkyl halides is 6. The van der Waals surface area contributed by atoms with Crippen LogP contribution in [-0.4, -0.2) is 20.3 Å². The van der Waals surface area contributed by atoms with Crippen LogP contribution in [-0.2, 0) is 6.18 Å². The van der Waals surface area contributed by atoms with Gasteiger partial charge in [-0.25, -0.2) is 4.68 Å². The highest BCUT2D eigenvalue weighted by Gasteiger charge is 2.36. The van der Waals surface area contributed by atoms with Crippen LogP contribution in [0.4, 0.5) is 32.2 Å². The smallest absolute Gasteiger partial charge is 0.388 e. The Hall–Kier alpha value is -1.37. The van der Waals surface area contributed by atoms with Gasteiger partial charge in [-0.2, -0.15) is 31.4 Å². The lowest BCUT2D eigenvalue weighted by Gasteiger charge is -2.13. The fourth-order valence-corrected chi connectivity index (χ4v) is 3.42. The van der Waals surface area contributed by atoms with Gasteiger partial charge in [0.1, 0.15) is 22.2 Å². The van der Waals surface area contributed by atoms with Gasteiger partial charge in [-0.1, -0.05) is 55.7 Å². The van der Waals surface area contributed by atoms with Gasteiger partial charge in [-0.05, 0) is 23.9 Å². The van der Waals surface area contributed by atoms with Crippen LogP contribution in [0.5, 0.6) is 0 Å². The molecule has 2 aromatic rings. The van der Waals surface area contributed by atoms with E-state index in [1.54, 1.807) is 0 Å². The van der Waals surface area contributed by atoms with Crippen LogP contribution < -0.4 is 11.5 Å². The molecule has 0 unspecified atom stereocenters. The molecule has 29 heavy (non-hydrogen) atoms. The SMILES string of the molecule is CCC.NC(=S)c1nn(-c2c(Cl)cc(C(F)(F)F)cc2Cl)c(N)c1SC(F)(F)F. The first kappa shape index (κ1) is 25.7. The molecule has 1 heterocycles. The van der Waals surface area contributed by atoms with Gasteiger partial charge in [-0.3, -0.25) is 0 Å². The van der Waals surface area contributed by atoms with E-state index in [-0.39, 0.29) is 5.69 Å². The lowest BCUT2D eigenvalue weighted by Crippen LogP contribution is -2.13. The summed E-state index contributed by atoms with van der Waals surface area (Å²) in [5.74, 6) is -0.585. The number of nitrogen functional groups attached to an aromatic ring is 1. The number of thioether (sulfide) groups is 1. The Morgan fingerprint density at radius 3 is 1.93 bits per heavy atom. The van der Waals surface area contributed by atoms with Crippen LogP contribution in [0, 0.1) is 0 Å². The summed E-state index contributed by atoms with van der Waals surface area (Å²) in [7, 11) is 0. The van der Waals surface area contributed by atoms with Crippen molar-refractivity contribution in [2.24, 2.45) is 5.73 Å². The van der Waals surface area contributed by atoms with Crippen molar-refractivity contribution in [1.29, 1.82) is 0 Å². The molecule has 1 aromatic heterocycles. The summed E-state index contributed by atoms with van der Waals surface area (Å²) < 4.78 is 77.2. The molecule has 162 valence electrons. The molecule has 14 heteroatoms. The number of nitrogens with two attached hydrogens (primary N) is 2. The Labute approximate surface area is 181 Å². The number of halogens is 8. The Bertz CT molecular complexity index is 873. The second-order valence-corrected chi connectivity index (χ2v) is 7.71. The standard InChI is InChI=1S/C12H6Cl2F6N4S2.C3H8/c13-4-1-3(11(15,16)17)2-5(14)7(4)24-9(21)8(26-12(18,19)20)6(23-24)10(22)25;1-3-2/h1-2H,21H2,(H2,22,25);3H2,1-2H3. The first-order valence-corrected chi connectivity index (χ1v) is 9.62. The number of rotatable bonds is 3. The van der Waals surface area contributed by atoms with E-state index >= 15 is 0 Å². The third-order valence-electron chi connectivity index (χ3n) is 2.88. The lowest BCUT2D eigenvalue weighted by molar-refractivity contribution is -0.137. The Kier molecular flexibility index (Phi) is 8.52. The summed E-state index contributed by atoms with van der Waals surface area (Å²) in [6, 6.07) is 1.09. The molecule has 0 spiro atoms. The predicted octanol–water partition coefficient (Wildman–Crippen LogP) is 6.44. The highest BCUT2D eigenvalue weighted by atomic mass is 35.5. The molecule has 0 atom stereocenters. The summed E-state index contributed by atoms with van der Waals surface area (Å²) in [5.41, 5.74) is 4.32. The van der Waals surface area contributed by atoms with E-state index in [0.29, 0.717) is 16.8 Å². The van der Waals surface area contributed by atoms with Gasteiger partial charge >= 0.3 is 11.7 Å². The summed E-state index contributed by atoms with van der Waals surface area (Å²) in [6.45, 7) is 4.25. The Morgan fingerprint density at radius 2 is 1.59 bits per heavy atom. The zero-order chi connectivity index (χ0) is 22.7. The molecule has 0 saturated carbocycles. The number of benzene rings is 1. The van der Waals surface area contributed by atoms with Crippen LogP contribution >= 0.6 is 47.2 Å². The molecule has 0 fully saturated rings. The van der Waals surface area contributed by atoms with E-state index < -0.39 is 60.5 Å². The number of thiocarbonyl (C=S) groups is 1. The highest BCUT2D eigenvalue weighted by Crippen LogP contribution is 2.44. The van der Waals surface area contributed by atoms with Gasteiger partial charge in [0.15, 0.2) is 0 Å². The molecular weight excluding hydrogens is 485 g/mol. The van der Waals surface area contributed by atoms with E-state index in [9.17, 15) is 26.3 Å². The van der Waals surface area contributed by atoms with Gasteiger partial charge in [0.05, 0.1) is 20.5 Å². The molecule has 0 radical (unpaired) electrons. The van der Waals surface area contributed by atoms with Crippen molar-refractivity contribution >= 4 is 58.0 Å². The number of nitrogens with zero attached hydrogens (tertiary/aromatic N) is 2. The normalized spacial score (nSPS) is 11.8. The molecule has 0 aliphatic heterocycles. The zero-order valence-corrected chi connectivity index (χ0v) is 17.9. The molecule has 4 N–H and O–H groups in total. The van der Waals surface area contributed by atoms with Crippen molar-refractivity contribution in [3.63, 3.8) is 0 Å². The molecule has 4 nitrogen and oxygen atoms in total. The van der Waals surface area contributed by atoms with Crippen LogP contribution in [0.15, 0.2) is 17.0 Å². The fraction of sp³-hybridized carbons (Fsp3) is 0.333. The van der Waals surface area contributed by atoms with Crippen molar-refractivity contribution < 1.29 is 26.3 Å². The molecule has 0 bridgehead atoms. The number of anilines is 1. The largest absolute Gasteiger partial charge is 0.446 e. The molecule has 0 amide bonds. The maximum absolute atomic E-state index is 12.8. The van der Waals surface area contributed by atoms with Gasteiger partial charge in [0, 0.05) is 0 Å². The molecule has 1 aromatic carbocycles. The number of aromatic nitrogens is 2. The minimum absolute atomic E-state index is 0.342. The molecule has 0 saturated heterocycles. The minimum Gasteiger partial charge on any atom is -0.388 e. The van der Waals surface area contributed by atoms with E-state index in [1.807, 2.05) is 0 Å². The van der Waals surface area contributed by atoms with Gasteiger partial charge in [0.2, 0.25) is 0 Å².